The molecule has 0 aliphatic carbocycles. The van der Waals surface area contributed by atoms with Crippen LogP contribution in [-0.2, 0) is 0 Å². The van der Waals surface area contributed by atoms with E-state index in [1.807, 2.05) is 0 Å². The Morgan fingerprint density at radius 2 is 1.87 bits per heavy atom. The molecule has 0 spiro atoms. The van der Waals surface area contributed by atoms with Gasteiger partial charge in [-0.2, -0.15) is 0 Å². The molecule has 0 saturated carbocycles. The Morgan fingerprint density at radius 1 is 1.20 bits per heavy atom. The normalized spacial score (nSPS) is 27.2. The third-order valence-electron chi connectivity index (χ3n) is 3.49. The summed E-state index contributed by atoms with van der Waals surface area (Å²) in [5.41, 5.74) is 0. The second-order valence-corrected chi connectivity index (χ2v) is 5.58. The van der Waals surface area contributed by atoms with Gasteiger partial charge in [0.15, 0.2) is 0 Å². The molecule has 0 bridgehead atoms. The van der Waals surface area contributed by atoms with E-state index in [1.165, 1.54) is 26.1 Å². The third-order valence-corrected chi connectivity index (χ3v) is 3.49. The van der Waals surface area contributed by atoms with E-state index >= 15 is 0 Å². The maximum atomic E-state index is 3.54. The zero-order valence-corrected chi connectivity index (χ0v) is 11.1. The van der Waals surface area contributed by atoms with Crippen molar-refractivity contribution in [3.05, 3.63) is 0 Å². The van der Waals surface area contributed by atoms with Crippen molar-refractivity contribution in [3.8, 4) is 0 Å². The van der Waals surface area contributed by atoms with Crippen LogP contribution in [0.15, 0.2) is 0 Å². The smallest absolute Gasteiger partial charge is 0.0263 e. The van der Waals surface area contributed by atoms with E-state index in [-0.39, 0.29) is 0 Å². The molecule has 0 aromatic heterocycles. The van der Waals surface area contributed by atoms with E-state index < -0.39 is 0 Å². The summed E-state index contributed by atoms with van der Waals surface area (Å²) in [7, 11) is 0. The highest BCUT2D eigenvalue weighted by Crippen LogP contribution is 2.22. The Labute approximate surface area is 95.4 Å². The summed E-state index contributed by atoms with van der Waals surface area (Å²) >= 11 is 0. The van der Waals surface area contributed by atoms with Crippen molar-refractivity contribution in [2.24, 2.45) is 11.8 Å². The van der Waals surface area contributed by atoms with Gasteiger partial charge in [-0.3, -0.25) is 4.90 Å². The Bertz CT molecular complexity index is 177. The van der Waals surface area contributed by atoms with Crippen molar-refractivity contribution in [3.63, 3.8) is 0 Å². The standard InChI is InChI=1S/C13H28N2/c1-6-12-7-14-8-13(12)15(11(4)5)9-10(2)3/h10-14H,6-9H2,1-5H3. The van der Waals surface area contributed by atoms with Crippen molar-refractivity contribution in [2.75, 3.05) is 19.6 Å². The van der Waals surface area contributed by atoms with Gasteiger partial charge < -0.3 is 5.32 Å². The van der Waals surface area contributed by atoms with Crippen molar-refractivity contribution in [1.82, 2.24) is 10.2 Å². The fourth-order valence-corrected chi connectivity index (χ4v) is 2.67. The number of rotatable bonds is 5. The monoisotopic (exact) mass is 212 g/mol. The van der Waals surface area contributed by atoms with E-state index in [9.17, 15) is 0 Å². The Morgan fingerprint density at radius 3 is 2.33 bits per heavy atom. The summed E-state index contributed by atoms with van der Waals surface area (Å²) < 4.78 is 0. The zero-order chi connectivity index (χ0) is 11.4. The number of hydrogen-bond donors (Lipinski definition) is 1. The Hall–Kier alpha value is -0.0800. The molecule has 2 unspecified atom stereocenters. The van der Waals surface area contributed by atoms with Crippen LogP contribution in [0.3, 0.4) is 0 Å². The molecule has 1 saturated heterocycles. The summed E-state index contributed by atoms with van der Waals surface area (Å²) in [6.45, 7) is 15.2. The molecule has 2 atom stereocenters. The van der Waals surface area contributed by atoms with Crippen LogP contribution >= 0.6 is 0 Å². The fraction of sp³-hybridized carbons (Fsp3) is 1.00. The summed E-state index contributed by atoms with van der Waals surface area (Å²) in [6.07, 6.45) is 1.30. The Balaban J connectivity index is 2.61. The molecule has 0 amide bonds. The van der Waals surface area contributed by atoms with Crippen molar-refractivity contribution in [1.29, 1.82) is 0 Å². The first-order chi connectivity index (χ1) is 7.06. The first-order valence-electron chi connectivity index (χ1n) is 6.52. The summed E-state index contributed by atoms with van der Waals surface area (Å²) in [4.78, 5) is 2.69. The molecule has 2 heteroatoms. The van der Waals surface area contributed by atoms with Gasteiger partial charge in [-0.15, -0.1) is 0 Å². The lowest BCUT2D eigenvalue weighted by molar-refractivity contribution is 0.115. The van der Waals surface area contributed by atoms with Crippen LogP contribution in [-0.4, -0.2) is 36.6 Å². The van der Waals surface area contributed by atoms with Crippen LogP contribution in [0.5, 0.6) is 0 Å². The Kier molecular flexibility index (Phi) is 5.07. The second-order valence-electron chi connectivity index (χ2n) is 5.58. The minimum atomic E-state index is 0.673. The number of hydrogen-bond acceptors (Lipinski definition) is 2. The van der Waals surface area contributed by atoms with Gasteiger partial charge in [-0.1, -0.05) is 27.2 Å². The van der Waals surface area contributed by atoms with Crippen molar-refractivity contribution < 1.29 is 0 Å². The lowest BCUT2D eigenvalue weighted by Gasteiger charge is -2.36. The highest BCUT2D eigenvalue weighted by molar-refractivity contribution is 4.89. The minimum Gasteiger partial charge on any atom is -0.315 e. The average Bonchev–Trinajstić information content (AvgIpc) is 2.60. The largest absolute Gasteiger partial charge is 0.315 e. The maximum absolute atomic E-state index is 3.54. The predicted octanol–water partition coefficient (Wildman–Crippen LogP) is 2.35. The van der Waals surface area contributed by atoms with E-state index in [4.69, 9.17) is 0 Å². The number of nitrogens with zero attached hydrogens (tertiary/aromatic N) is 1. The zero-order valence-electron chi connectivity index (χ0n) is 11.1. The first kappa shape index (κ1) is 13.0. The van der Waals surface area contributed by atoms with E-state index in [0.717, 1.165) is 17.9 Å². The molecular formula is C13H28N2. The lowest BCUT2D eigenvalue weighted by atomic mass is 9.97. The van der Waals surface area contributed by atoms with Crippen molar-refractivity contribution >= 4 is 0 Å². The van der Waals surface area contributed by atoms with E-state index in [1.54, 1.807) is 0 Å². The summed E-state index contributed by atoms with van der Waals surface area (Å²) in [5.74, 6) is 1.62. The molecule has 90 valence electrons. The first-order valence-corrected chi connectivity index (χ1v) is 6.52. The molecule has 1 fully saturated rings. The van der Waals surface area contributed by atoms with Gasteiger partial charge in [-0.25, -0.2) is 0 Å². The van der Waals surface area contributed by atoms with E-state index in [2.05, 4.69) is 44.8 Å². The summed E-state index contributed by atoms with van der Waals surface area (Å²) in [6, 6.07) is 1.43. The average molecular weight is 212 g/mol. The van der Waals surface area contributed by atoms with Crippen LogP contribution < -0.4 is 5.32 Å². The molecule has 1 heterocycles. The lowest BCUT2D eigenvalue weighted by Crippen LogP contribution is -2.46. The molecule has 1 aliphatic rings. The van der Waals surface area contributed by atoms with Gasteiger partial charge in [0.05, 0.1) is 0 Å². The molecule has 0 radical (unpaired) electrons. The van der Waals surface area contributed by atoms with Crippen molar-refractivity contribution in [2.45, 2.75) is 53.1 Å². The molecule has 15 heavy (non-hydrogen) atoms. The topological polar surface area (TPSA) is 15.3 Å². The molecule has 0 aromatic rings. The van der Waals surface area contributed by atoms with E-state index in [0.29, 0.717) is 6.04 Å². The highest BCUT2D eigenvalue weighted by atomic mass is 15.2. The highest BCUT2D eigenvalue weighted by Gasteiger charge is 2.32. The van der Waals surface area contributed by atoms with Crippen LogP contribution in [0.25, 0.3) is 0 Å². The second kappa shape index (κ2) is 5.86. The van der Waals surface area contributed by atoms with Crippen LogP contribution in [0.1, 0.15) is 41.0 Å². The molecule has 1 aliphatic heterocycles. The third kappa shape index (κ3) is 3.46. The molecule has 0 aromatic carbocycles. The van der Waals surface area contributed by atoms with Gasteiger partial charge in [0.25, 0.3) is 0 Å². The maximum Gasteiger partial charge on any atom is 0.0263 e. The molecular weight excluding hydrogens is 184 g/mol. The molecule has 2 nitrogen and oxygen atoms in total. The van der Waals surface area contributed by atoms with Gasteiger partial charge in [-0.05, 0) is 32.2 Å². The van der Waals surface area contributed by atoms with Crippen LogP contribution in [0.4, 0.5) is 0 Å². The predicted molar refractivity (Wildman–Crippen MR) is 67.1 cm³/mol. The van der Waals surface area contributed by atoms with Gasteiger partial charge in [0.2, 0.25) is 0 Å². The quantitative estimate of drug-likeness (QED) is 0.752. The molecule has 1 rings (SSSR count). The van der Waals surface area contributed by atoms with Gasteiger partial charge in [0.1, 0.15) is 0 Å². The number of nitrogens with one attached hydrogen (secondary N) is 1. The molecule has 1 N–H and O–H groups in total. The van der Waals surface area contributed by atoms with Gasteiger partial charge >= 0.3 is 0 Å². The fourth-order valence-electron chi connectivity index (χ4n) is 2.67. The SMILES string of the molecule is CCC1CNCC1N(CC(C)C)C(C)C. The minimum absolute atomic E-state index is 0.673. The summed E-state index contributed by atoms with van der Waals surface area (Å²) in [5, 5.41) is 3.54. The van der Waals surface area contributed by atoms with Gasteiger partial charge in [0, 0.05) is 25.2 Å². The van der Waals surface area contributed by atoms with Crippen LogP contribution in [0.2, 0.25) is 0 Å². The van der Waals surface area contributed by atoms with Crippen LogP contribution in [0, 0.1) is 11.8 Å².